The van der Waals surface area contributed by atoms with Crippen LogP contribution < -0.4 is 114 Å². The summed E-state index contributed by atoms with van der Waals surface area (Å²) in [4.78, 5) is 61.4. The van der Waals surface area contributed by atoms with E-state index < -0.39 is 225 Å². The molecule has 11 rings (SSSR count). The van der Waals surface area contributed by atoms with Crippen LogP contribution in [-0.4, -0.2) is 117 Å². The fraction of sp³-hybridized carbons (Fsp3) is 0.775. The number of alkyl halides is 6. The van der Waals surface area contributed by atoms with Crippen molar-refractivity contribution in [3.05, 3.63) is 81.3 Å². The second-order valence-corrected chi connectivity index (χ2v) is 42.0. The molecule has 123 heavy (non-hydrogen) atoms. The third kappa shape index (κ3) is 41.6. The first-order valence-corrected chi connectivity index (χ1v) is 43.3. The Kier molecular flexibility index (Phi) is 32.7. The number of nitrogen functional groups attached to an aromatic ring is 1. The van der Waals surface area contributed by atoms with Crippen molar-refractivity contribution in [2.45, 2.75) is 397 Å². The SMILES string of the molecule is CC1(C)C=CC(=O)CC1.CCCCOC(=O)C1(C)CC(c2ccc(N)c(Br)n2)CC(C)(C)O1.O=CO[O-].[2H]C1=C(B2OC(C)(C)C(C)(C)O2)C([2H])([2H])C([2H])C(C)(C)C1.[2H]C1=C(B2OC(C)(C)C(C)(C)O2)C([2H])([2H])CC(C)(C)C1[2H].[2H]C1=C(OS(=O)(=O)C(F)(F)F)C([2H])([2H])C([2H])C(C)(C)C1.[2H]C1=C(OS(=O)(=O)C(F)(F)F)C([2H])([2H])CC(C)(C)C1[2H].[2H]C1C(=O)CCC(C)(C)C1[2H].[2H]C1C(C)(C)CC([2H])([2H])C(=O)C1([2H])[2H].[2H][2H].[H-].[K+].[K+]. The minimum Gasteiger partial charge on any atom is -1.00 e. The Bertz CT molecular complexity index is 5150. The van der Waals surface area contributed by atoms with Gasteiger partial charge in [0.25, 0.3) is 6.47 Å². The number of halogens is 7. The Morgan fingerprint density at radius 1 is 0.618 bits per heavy atom. The quantitative estimate of drug-likeness (QED) is 0.0194. The molecule has 34 heteroatoms. The Morgan fingerprint density at radius 3 is 1.52 bits per heavy atom. The van der Waals surface area contributed by atoms with E-state index in [1.165, 1.54) is 27.7 Å². The molecule has 0 spiro atoms. The molecular weight excluding hydrogens is 1760 g/mol. The minimum atomic E-state index is -6.06. The van der Waals surface area contributed by atoms with Gasteiger partial charge in [0.1, 0.15) is 27.7 Å². The van der Waals surface area contributed by atoms with Gasteiger partial charge in [-0.3, -0.25) is 19.2 Å². The molecule has 5 fully saturated rings. The Labute approximate surface area is 864 Å². The maximum absolute atomic E-state index is 12.6. The van der Waals surface area contributed by atoms with Crippen molar-refractivity contribution in [2.24, 2.45) is 37.9 Å². The number of hydrogen-bond acceptors (Lipinski definition) is 21. The molecule has 7 aliphatic carbocycles. The number of carbonyl (C=O) groups excluding carboxylic acids is 5. The zero-order valence-electron chi connectivity index (χ0n) is 103. The van der Waals surface area contributed by atoms with Crippen LogP contribution in [0.1, 0.15) is 394 Å². The number of nitrogens with zero attached hydrogens (tertiary/aromatic N) is 1. The number of unbranched alkanes of at least 4 members (excludes halogenated alkanes) is 1. The maximum atomic E-state index is 12.6. The molecule has 1 aromatic heterocycles. The predicted molar refractivity (Wildman–Crippen MR) is 467 cm³/mol. The molecule has 9 unspecified atom stereocenters. The average molecular weight is 1930 g/mol. The Hall–Kier alpha value is -1.68. The fourth-order valence-electron chi connectivity index (χ4n) is 11.2. The van der Waals surface area contributed by atoms with Crippen LogP contribution in [0.3, 0.4) is 0 Å². The van der Waals surface area contributed by atoms with Crippen molar-refractivity contribution in [3.8, 4) is 0 Å². The van der Waals surface area contributed by atoms with Crippen molar-refractivity contribution >= 4 is 85.9 Å². The number of esters is 1. The number of Topliss-reactive ketones (excluding diaryl/α,β-unsaturated/α-hetero) is 2. The van der Waals surface area contributed by atoms with Gasteiger partial charge in [0.2, 0.25) is 0 Å². The molecule has 4 heterocycles. The molecule has 21 nitrogen and oxygen atoms in total. The summed E-state index contributed by atoms with van der Waals surface area (Å²) in [5.41, 5.74) is -11.4. The number of nitrogens with two attached hydrogens (primary N) is 1. The Morgan fingerprint density at radius 2 is 1.07 bits per heavy atom. The fourth-order valence-corrected chi connectivity index (χ4v) is 12.4. The van der Waals surface area contributed by atoms with Crippen LogP contribution in [-0.2, 0) is 85.6 Å². The smallest absolute Gasteiger partial charge is 1.00 e. The molecule has 2 N–H and O–H groups in total. The van der Waals surface area contributed by atoms with Crippen LogP contribution in [0.5, 0.6) is 0 Å². The van der Waals surface area contributed by atoms with E-state index in [4.69, 9.17) is 78.4 Å². The molecule has 3 saturated heterocycles. The molecule has 9 atom stereocenters. The molecule has 10 aliphatic rings. The van der Waals surface area contributed by atoms with Crippen LogP contribution in [0.2, 0.25) is 0 Å². The molecule has 0 radical (unpaired) electrons. The van der Waals surface area contributed by atoms with Gasteiger partial charge in [-0.05, 0) is 287 Å². The Balaban J connectivity index is 0. The normalized spacial score (nSPS) is 34.6. The standard InChI is InChI=1S/C18H27BrN2O3.2C14H25BO2.2C9H13F3O3S.2C8H14O.C8H12O.CH2O3.2K.H2.H/c1-5-6-9-23-16(22)18(4)11-12(10-17(2,3)24-18)14-8-7-13(20)15(19)21-14;2*1-12(2)9-7-11(8-10-12)15-16-13(3,4)14(5,6)17-15;2*1-8(2)5-3-7(4-6-8)15-16(13,14)9(10,11)12;3*1-8(2)5-3-7(9)4-6-8;2-1-4-3;;;;/h7-8,12H,5-6,9-11,20H2,1-4H3;2*7H,8-10H2,1-6H3;2*3H,4-6H2,1-2H3;2*3-6H2,1-2H3;3,5H,4,6H2,1-2H3;1,3H;;;1H;/q;;;;;;;;;2*+1;;-1/p-1/i;7D,8D2,10D;7D,8D2,9D;3D,4D2,6D;3D,4D2,5D;3D2,4D2,5D;3D,5D;;;;;1+1D;. The first kappa shape index (κ1) is 83.2. The van der Waals surface area contributed by atoms with Gasteiger partial charge in [0.05, 0.1) is 45.8 Å². The second kappa shape index (κ2) is 48.3. The summed E-state index contributed by atoms with van der Waals surface area (Å²) in [6, 6.07) is 2.36. The van der Waals surface area contributed by atoms with E-state index in [0.29, 0.717) is 36.2 Å². The number of carbonyl (C=O) groups is 5. The van der Waals surface area contributed by atoms with Gasteiger partial charge in [-0.1, -0.05) is 128 Å². The van der Waals surface area contributed by atoms with Crippen molar-refractivity contribution in [1.29, 1.82) is 0 Å². The van der Waals surface area contributed by atoms with Crippen molar-refractivity contribution in [2.75, 3.05) is 12.3 Å². The van der Waals surface area contributed by atoms with Gasteiger partial charge in [0, 0.05) is 85.4 Å². The summed E-state index contributed by atoms with van der Waals surface area (Å²) in [5.74, 6) is -3.61. The van der Waals surface area contributed by atoms with E-state index in [-0.39, 0.29) is 187 Å². The summed E-state index contributed by atoms with van der Waals surface area (Å²) < 4.78 is 350. The largest absolute Gasteiger partial charge is 1.00 e. The van der Waals surface area contributed by atoms with Crippen LogP contribution in [0.25, 0.3) is 0 Å². The number of anilines is 1. The van der Waals surface area contributed by atoms with Crippen LogP contribution in [0.4, 0.5) is 32.0 Å². The number of rotatable bonds is 12. The predicted octanol–water partition coefficient (Wildman–Crippen LogP) is 16.6. The summed E-state index contributed by atoms with van der Waals surface area (Å²) in [7, 11) is -13.9. The van der Waals surface area contributed by atoms with E-state index >= 15 is 0 Å². The number of ether oxygens (including phenoxy) is 2. The molecular formula is C89H147B2BrF6K2N2O19S2. The third-order valence-corrected chi connectivity index (χ3v) is 22.9. The van der Waals surface area contributed by atoms with Gasteiger partial charge in [-0.2, -0.15) is 43.2 Å². The number of pyridine rings is 1. The minimum absolute atomic E-state index is 0. The van der Waals surface area contributed by atoms with Crippen molar-refractivity contribution in [1.82, 2.24) is 4.98 Å². The first-order valence-electron chi connectivity index (χ1n) is 52.7. The van der Waals surface area contributed by atoms with Gasteiger partial charge in [-0.25, -0.2) is 9.78 Å². The van der Waals surface area contributed by atoms with Crippen LogP contribution in [0, 0.1) is 37.9 Å². The van der Waals surface area contributed by atoms with Crippen LogP contribution >= 0.6 is 15.9 Å². The topological polar surface area (TPSA) is 299 Å². The summed E-state index contributed by atoms with van der Waals surface area (Å²) >= 11 is 3.38. The van der Waals surface area contributed by atoms with Crippen molar-refractivity contribution < 1.29 is 252 Å². The number of ketones is 3. The third-order valence-electron chi connectivity index (χ3n) is 20.4. The van der Waals surface area contributed by atoms with Crippen LogP contribution in [0.15, 0.2) is 75.6 Å². The van der Waals surface area contributed by atoms with E-state index in [0.717, 1.165) is 44.2 Å². The van der Waals surface area contributed by atoms with Gasteiger partial charge < -0.3 is 53.8 Å². The molecule has 1 aromatic rings. The average Bonchev–Trinajstić information content (AvgIpc) is 1.55. The molecule has 0 bridgehead atoms. The van der Waals surface area contributed by atoms with Gasteiger partial charge >= 0.3 is 154 Å². The van der Waals surface area contributed by atoms with E-state index in [2.05, 4.69) is 54.9 Å². The summed E-state index contributed by atoms with van der Waals surface area (Å²) in [6.07, 6.45) is -11.1. The number of aromatic nitrogens is 1. The monoisotopic (exact) mass is 1930 g/mol. The zero-order chi connectivity index (χ0) is 115. The molecule has 696 valence electrons. The maximum Gasteiger partial charge on any atom is 1.00 e. The molecule has 0 aromatic carbocycles. The number of allylic oxidation sites excluding steroid dienone is 10. The van der Waals surface area contributed by atoms with Gasteiger partial charge in [0.15, 0.2) is 11.4 Å². The molecule has 0 amide bonds. The van der Waals surface area contributed by atoms with Crippen molar-refractivity contribution in [3.63, 3.8) is 0 Å². The summed E-state index contributed by atoms with van der Waals surface area (Å²) in [5, 5.41) is 8.43. The zero-order valence-corrected chi connectivity index (χ0v) is 86.3. The van der Waals surface area contributed by atoms with E-state index in [1.807, 2.05) is 136 Å². The second-order valence-electron chi connectivity index (χ2n) is 38.2. The van der Waals surface area contributed by atoms with E-state index in [1.54, 1.807) is 19.9 Å². The summed E-state index contributed by atoms with van der Waals surface area (Å²) in [6.45, 7) is 48.0. The van der Waals surface area contributed by atoms with E-state index in [9.17, 15) is 62.4 Å². The number of hydrogen-bond donors (Lipinski definition) is 1. The first-order chi connectivity index (χ1) is 64.8. The molecule has 2 saturated carbocycles. The molecule has 3 aliphatic heterocycles. The van der Waals surface area contributed by atoms with Gasteiger partial charge in [-0.15, -0.1) is 0 Å².